The largest absolute Gasteiger partial charge is 0.669 e. The summed E-state index contributed by atoms with van der Waals surface area (Å²) < 4.78 is 15.1. The molecule has 0 aliphatic rings. The first kappa shape index (κ1) is 40.6. The van der Waals surface area contributed by atoms with Crippen molar-refractivity contribution >= 4 is 0 Å². The van der Waals surface area contributed by atoms with Gasteiger partial charge in [0.05, 0.1) is 0 Å². The summed E-state index contributed by atoms with van der Waals surface area (Å²) in [7, 11) is 0. The van der Waals surface area contributed by atoms with Crippen molar-refractivity contribution in [3.05, 3.63) is 208 Å². The fourth-order valence-corrected chi connectivity index (χ4v) is 4.79. The molecule has 0 bridgehead atoms. The van der Waals surface area contributed by atoms with Gasteiger partial charge in [-0.15, -0.1) is 0 Å². The van der Waals surface area contributed by atoms with Crippen molar-refractivity contribution in [3.63, 3.8) is 0 Å². The van der Waals surface area contributed by atoms with E-state index >= 15 is 0 Å². The second kappa shape index (κ2) is 21.4. The molecule has 0 unspecified atom stereocenters. The van der Waals surface area contributed by atoms with Crippen LogP contribution in [-0.2, 0) is 42.1 Å². The summed E-state index contributed by atoms with van der Waals surface area (Å²) in [6, 6.07) is 59.6. The van der Waals surface area contributed by atoms with E-state index in [1.54, 1.807) is 70.6 Å². The molecule has 4 aromatic heterocycles. The molecule has 54 heavy (non-hydrogen) atoms. The van der Waals surface area contributed by atoms with E-state index in [-0.39, 0.29) is 42.1 Å². The number of rotatable bonds is 7. The first-order valence-electron chi connectivity index (χ1n) is 16.1. The summed E-state index contributed by atoms with van der Waals surface area (Å²) in [6.07, 6.45) is 23.6. The topological polar surface area (TPSA) is 54.1 Å². The van der Waals surface area contributed by atoms with Crippen LogP contribution in [0, 0.1) is 49.2 Å². The Kier molecular flexibility index (Phi) is 16.1. The van der Waals surface area contributed by atoms with Gasteiger partial charge >= 0.3 is 0 Å². The third kappa shape index (κ3) is 11.9. The Balaban J connectivity index is 0.000000340. The summed E-state index contributed by atoms with van der Waals surface area (Å²) in [4.78, 5) is 8.71. The van der Waals surface area contributed by atoms with Crippen LogP contribution in [0.4, 0.5) is 0 Å². The van der Waals surface area contributed by atoms with Gasteiger partial charge in [-0.3, -0.25) is 12.1 Å². The molecular weight excluding hydrogens is 1030 g/mol. The van der Waals surface area contributed by atoms with Gasteiger partial charge in [-0.25, -0.2) is 22.1 Å². The van der Waals surface area contributed by atoms with Gasteiger partial charge in [-0.1, -0.05) is 72.2 Å². The van der Waals surface area contributed by atoms with E-state index in [0.717, 1.165) is 22.3 Å². The van der Waals surface area contributed by atoms with Crippen molar-refractivity contribution in [1.82, 2.24) is 19.1 Å². The van der Waals surface area contributed by atoms with Gasteiger partial charge in [0, 0.05) is 91.4 Å². The fourth-order valence-electron chi connectivity index (χ4n) is 4.79. The number of hydrogen-bond donors (Lipinski definition) is 0. The number of pyridine rings is 2. The zero-order chi connectivity index (χ0) is 35.8. The van der Waals surface area contributed by atoms with E-state index < -0.39 is 0 Å². The number of ether oxygens (including phenoxy) is 2. The average molecular weight is 1060 g/mol. The van der Waals surface area contributed by atoms with Crippen molar-refractivity contribution in [1.29, 1.82) is 0 Å². The van der Waals surface area contributed by atoms with E-state index in [4.69, 9.17) is 22.3 Å². The summed E-state index contributed by atoms with van der Waals surface area (Å²) in [5.41, 5.74) is 5.53. The molecule has 0 aliphatic heterocycles. The molecular formula is C46H28N4O2Pt2-6. The minimum atomic E-state index is 0. The van der Waals surface area contributed by atoms with Gasteiger partial charge in [0.15, 0.2) is 0 Å². The Bertz CT molecular complexity index is 2210. The molecule has 8 aromatic rings. The maximum absolute atomic E-state index is 6.57. The van der Waals surface area contributed by atoms with Crippen LogP contribution in [0.15, 0.2) is 171 Å². The fraction of sp³-hybridized carbons (Fsp3) is 0. The zero-order valence-corrected chi connectivity index (χ0v) is 32.9. The second-order valence-corrected chi connectivity index (χ2v) is 10.8. The van der Waals surface area contributed by atoms with E-state index in [1.165, 1.54) is 0 Å². The molecule has 4 heterocycles. The van der Waals surface area contributed by atoms with Gasteiger partial charge in [-0.05, 0) is 58.7 Å². The van der Waals surface area contributed by atoms with Gasteiger partial charge in [0.1, 0.15) is 0 Å². The summed E-state index contributed by atoms with van der Waals surface area (Å²) in [6.45, 7) is 0. The third-order valence-electron chi connectivity index (χ3n) is 7.25. The predicted molar refractivity (Wildman–Crippen MR) is 201 cm³/mol. The first-order chi connectivity index (χ1) is 25.7. The summed E-state index contributed by atoms with van der Waals surface area (Å²) >= 11 is 0. The van der Waals surface area contributed by atoms with Crippen LogP contribution in [0.2, 0.25) is 0 Å². The van der Waals surface area contributed by atoms with E-state index in [1.807, 2.05) is 84.9 Å². The molecule has 0 atom stereocenters. The van der Waals surface area contributed by atoms with Crippen LogP contribution >= 0.6 is 0 Å². The Labute approximate surface area is 345 Å². The van der Waals surface area contributed by atoms with E-state index in [2.05, 4.69) is 70.6 Å². The van der Waals surface area contributed by atoms with Gasteiger partial charge in [0.2, 0.25) is 11.8 Å². The molecule has 0 N–H and O–H groups in total. The molecule has 0 amide bonds. The number of hydrogen-bond acceptors (Lipinski definition) is 4. The molecule has 0 aliphatic carbocycles. The van der Waals surface area contributed by atoms with Crippen LogP contribution in [0.25, 0.3) is 33.4 Å². The number of nitrogens with zero attached hydrogens (tertiary/aromatic N) is 4. The maximum atomic E-state index is 6.57. The molecule has 0 spiro atoms. The van der Waals surface area contributed by atoms with Gasteiger partial charge in [0.25, 0.3) is 0 Å². The Hall–Kier alpha value is -6.16. The number of benzene rings is 4. The van der Waals surface area contributed by atoms with Crippen molar-refractivity contribution in [2.24, 2.45) is 0 Å². The van der Waals surface area contributed by atoms with Crippen LogP contribution < -0.4 is 9.47 Å². The summed E-state index contributed by atoms with van der Waals surface area (Å²) in [5.74, 6) is 1.99. The quantitative estimate of drug-likeness (QED) is 0.118. The first-order valence-corrected chi connectivity index (χ1v) is 16.1. The van der Waals surface area contributed by atoms with Gasteiger partial charge in [-0.2, -0.15) is 12.1 Å². The van der Waals surface area contributed by atoms with Crippen LogP contribution in [0.3, 0.4) is 0 Å². The van der Waals surface area contributed by atoms with Crippen molar-refractivity contribution in [2.45, 2.75) is 0 Å². The molecule has 0 saturated carbocycles. The predicted octanol–water partition coefficient (Wildman–Crippen LogP) is 10.0. The monoisotopic (exact) mass is 1060 g/mol. The molecule has 0 fully saturated rings. The second-order valence-electron chi connectivity index (χ2n) is 10.8. The van der Waals surface area contributed by atoms with Gasteiger partial charge < -0.3 is 66.8 Å². The van der Waals surface area contributed by atoms with Crippen LogP contribution in [0.5, 0.6) is 23.3 Å². The van der Waals surface area contributed by atoms with Crippen LogP contribution in [-0.4, -0.2) is 19.1 Å². The third-order valence-corrected chi connectivity index (χ3v) is 7.25. The minimum absolute atomic E-state index is 0. The molecule has 4 aromatic carbocycles. The maximum Gasteiger partial charge on any atom is 0.216 e. The molecule has 8 heteroatoms. The standard InChI is InChI=1S/C34H20N2O2.2C6H4N.2Pt/c1-3-9-25(10-4-1)29-17-19-35-33(23-29)37-31-15-7-13-27(21-31)28-14-8-16-32(22-28)38-34-24-30(18-20-36-34)26-11-5-2-6-12-26;2*1-2-7-5-3-4-6-7;;/h1-12,15-20,23-24H;2*3-6H;;/q-4;2*-1;;. The average Bonchev–Trinajstić information content (AvgIpc) is 3.95. The number of aromatic nitrogens is 4. The van der Waals surface area contributed by atoms with E-state index in [9.17, 15) is 0 Å². The van der Waals surface area contributed by atoms with Crippen LogP contribution in [0.1, 0.15) is 0 Å². The molecule has 0 radical (unpaired) electrons. The summed E-state index contributed by atoms with van der Waals surface area (Å²) in [5, 5.41) is 0. The Morgan fingerprint density at radius 2 is 0.870 bits per heavy atom. The van der Waals surface area contributed by atoms with Crippen molar-refractivity contribution < 1.29 is 51.6 Å². The SMILES string of the molecule is [C-]#Cn1cccc1.[C-]#Cn1cccc1.[Pt].[Pt].[c-]1ccc(Oc2cc(-c3ccccc3)ccn2)[c-]c1-c1[c-]ccc(Oc2cc(-c3ccccc3)ccn2)[c-]1. The molecule has 6 nitrogen and oxygen atoms in total. The van der Waals surface area contributed by atoms with Crippen molar-refractivity contribution in [3.8, 4) is 68.7 Å². The Morgan fingerprint density at radius 3 is 1.22 bits per heavy atom. The Morgan fingerprint density at radius 1 is 0.481 bits per heavy atom. The molecule has 0 saturated heterocycles. The smallest absolute Gasteiger partial charge is 0.216 e. The minimum Gasteiger partial charge on any atom is -0.669 e. The van der Waals surface area contributed by atoms with E-state index in [0.29, 0.717) is 34.4 Å². The van der Waals surface area contributed by atoms with Crippen molar-refractivity contribution in [2.75, 3.05) is 0 Å². The molecule has 270 valence electrons. The zero-order valence-electron chi connectivity index (χ0n) is 28.4. The normalized spacial score (nSPS) is 9.52. The molecule has 8 rings (SSSR count).